The molecule has 7 heteroatoms. The van der Waals surface area contributed by atoms with Gasteiger partial charge in [0.05, 0.1) is 23.6 Å². The molecule has 1 aliphatic rings. The molecule has 1 aromatic carbocycles. The van der Waals surface area contributed by atoms with E-state index in [0.29, 0.717) is 29.8 Å². The molecule has 6 nitrogen and oxygen atoms in total. The van der Waals surface area contributed by atoms with Gasteiger partial charge in [0.25, 0.3) is 0 Å². The highest BCUT2D eigenvalue weighted by atomic mass is 19.1. The summed E-state index contributed by atoms with van der Waals surface area (Å²) >= 11 is 0. The standard InChI is InChI=1S/C16H16FN3O3/c17-12-6-9(2-4-11(12)16(22)23)14-15(18)19-7-13(20-14)8-1-3-10(21)5-8/h2,4,6-8,10,21H,1,3,5H2,(H2,18,19)(H,22,23)/t8-,10-/m1/s1. The summed E-state index contributed by atoms with van der Waals surface area (Å²) < 4.78 is 13.9. The van der Waals surface area contributed by atoms with Gasteiger partial charge >= 0.3 is 5.97 Å². The molecule has 120 valence electrons. The van der Waals surface area contributed by atoms with Crippen LogP contribution in [-0.2, 0) is 0 Å². The van der Waals surface area contributed by atoms with Crippen molar-refractivity contribution < 1.29 is 19.4 Å². The Morgan fingerprint density at radius 3 is 2.74 bits per heavy atom. The summed E-state index contributed by atoms with van der Waals surface area (Å²) in [5, 5.41) is 18.5. The van der Waals surface area contributed by atoms with Crippen molar-refractivity contribution in [2.45, 2.75) is 31.3 Å². The SMILES string of the molecule is Nc1ncc([C@@H]2CC[C@@H](O)C2)nc1-c1ccc(C(=O)O)c(F)c1. The second-order valence-corrected chi connectivity index (χ2v) is 5.69. The quantitative estimate of drug-likeness (QED) is 0.800. The first-order chi connectivity index (χ1) is 11.0. The maximum absolute atomic E-state index is 13.9. The Kier molecular flexibility index (Phi) is 3.96. The number of nitrogen functional groups attached to an aromatic ring is 1. The number of nitrogens with two attached hydrogens (primary N) is 1. The number of aliphatic hydroxyl groups is 1. The fourth-order valence-corrected chi connectivity index (χ4v) is 2.88. The van der Waals surface area contributed by atoms with Crippen LogP contribution in [0, 0.1) is 5.82 Å². The molecular formula is C16H16FN3O3. The van der Waals surface area contributed by atoms with Crippen LogP contribution in [0.1, 0.15) is 41.2 Å². The van der Waals surface area contributed by atoms with Crippen LogP contribution in [0.4, 0.5) is 10.2 Å². The van der Waals surface area contributed by atoms with E-state index in [9.17, 15) is 14.3 Å². The van der Waals surface area contributed by atoms with Crippen LogP contribution in [0.15, 0.2) is 24.4 Å². The number of carboxylic acid groups (broad SMARTS) is 1. The van der Waals surface area contributed by atoms with E-state index in [2.05, 4.69) is 9.97 Å². The van der Waals surface area contributed by atoms with Gasteiger partial charge in [-0.3, -0.25) is 0 Å². The lowest BCUT2D eigenvalue weighted by atomic mass is 10.0. The molecule has 3 rings (SSSR count). The third-order valence-corrected chi connectivity index (χ3v) is 4.12. The van der Waals surface area contributed by atoms with Crippen molar-refractivity contribution in [3.8, 4) is 11.3 Å². The highest BCUT2D eigenvalue weighted by Crippen LogP contribution is 2.35. The second kappa shape index (κ2) is 5.92. The molecule has 1 heterocycles. The van der Waals surface area contributed by atoms with Gasteiger partial charge in [-0.05, 0) is 31.4 Å². The van der Waals surface area contributed by atoms with Crippen LogP contribution in [-0.4, -0.2) is 32.3 Å². The van der Waals surface area contributed by atoms with Crippen molar-refractivity contribution in [1.29, 1.82) is 0 Å². The number of nitrogens with zero attached hydrogens (tertiary/aromatic N) is 2. The maximum atomic E-state index is 13.9. The van der Waals surface area contributed by atoms with Gasteiger partial charge in [0, 0.05) is 11.5 Å². The van der Waals surface area contributed by atoms with Crippen LogP contribution < -0.4 is 5.73 Å². The fourth-order valence-electron chi connectivity index (χ4n) is 2.88. The largest absolute Gasteiger partial charge is 0.478 e. The van der Waals surface area contributed by atoms with Crippen molar-refractivity contribution in [2.75, 3.05) is 5.73 Å². The topological polar surface area (TPSA) is 109 Å². The minimum absolute atomic E-state index is 0.0972. The van der Waals surface area contributed by atoms with Gasteiger partial charge in [-0.1, -0.05) is 6.07 Å². The normalized spacial score (nSPS) is 20.6. The number of hydrogen-bond acceptors (Lipinski definition) is 5. The summed E-state index contributed by atoms with van der Waals surface area (Å²) in [7, 11) is 0. The van der Waals surface area contributed by atoms with Crippen LogP contribution in [0.3, 0.4) is 0 Å². The molecule has 1 aromatic heterocycles. The van der Waals surface area contributed by atoms with E-state index in [4.69, 9.17) is 10.8 Å². The highest BCUT2D eigenvalue weighted by Gasteiger charge is 2.26. The van der Waals surface area contributed by atoms with Crippen molar-refractivity contribution in [1.82, 2.24) is 9.97 Å². The number of aromatic carboxylic acids is 1. The number of halogens is 1. The summed E-state index contributed by atoms with van der Waals surface area (Å²) in [4.78, 5) is 19.4. The lowest BCUT2D eigenvalue weighted by Gasteiger charge is -2.12. The minimum Gasteiger partial charge on any atom is -0.478 e. The summed E-state index contributed by atoms with van der Waals surface area (Å²) in [6.45, 7) is 0. The Balaban J connectivity index is 1.99. The summed E-state index contributed by atoms with van der Waals surface area (Å²) in [5.41, 5.74) is 6.82. The van der Waals surface area contributed by atoms with Gasteiger partial charge in [0.2, 0.25) is 0 Å². The molecule has 0 amide bonds. The Hall–Kier alpha value is -2.54. The Morgan fingerprint density at radius 1 is 1.35 bits per heavy atom. The maximum Gasteiger partial charge on any atom is 0.338 e. The first kappa shape index (κ1) is 15.4. The molecule has 23 heavy (non-hydrogen) atoms. The van der Waals surface area contributed by atoms with Crippen molar-refractivity contribution in [3.05, 3.63) is 41.5 Å². The van der Waals surface area contributed by atoms with Gasteiger partial charge in [-0.2, -0.15) is 0 Å². The van der Waals surface area contributed by atoms with Gasteiger partial charge in [-0.25, -0.2) is 19.2 Å². The monoisotopic (exact) mass is 317 g/mol. The molecule has 2 atom stereocenters. The van der Waals surface area contributed by atoms with E-state index >= 15 is 0 Å². The van der Waals surface area contributed by atoms with E-state index < -0.39 is 17.3 Å². The molecule has 1 fully saturated rings. The predicted octanol–water partition coefficient (Wildman–Crippen LogP) is 2.19. The Labute approximate surface area is 131 Å². The molecule has 0 bridgehead atoms. The van der Waals surface area contributed by atoms with Crippen LogP contribution in [0.2, 0.25) is 0 Å². The average molecular weight is 317 g/mol. The molecular weight excluding hydrogens is 301 g/mol. The van der Waals surface area contributed by atoms with E-state index in [0.717, 1.165) is 12.5 Å². The number of benzene rings is 1. The molecule has 1 aliphatic carbocycles. The molecule has 0 radical (unpaired) electrons. The summed E-state index contributed by atoms with van der Waals surface area (Å²) in [6, 6.07) is 3.73. The van der Waals surface area contributed by atoms with Crippen molar-refractivity contribution in [3.63, 3.8) is 0 Å². The third-order valence-electron chi connectivity index (χ3n) is 4.12. The number of carboxylic acids is 1. The van der Waals surface area contributed by atoms with Gasteiger partial charge < -0.3 is 15.9 Å². The molecule has 1 saturated carbocycles. The zero-order chi connectivity index (χ0) is 16.6. The van der Waals surface area contributed by atoms with Gasteiger partial charge in [-0.15, -0.1) is 0 Å². The second-order valence-electron chi connectivity index (χ2n) is 5.69. The third kappa shape index (κ3) is 3.00. The van der Waals surface area contributed by atoms with E-state index in [1.54, 1.807) is 6.20 Å². The molecule has 0 unspecified atom stereocenters. The summed E-state index contributed by atoms with van der Waals surface area (Å²) in [6.07, 6.45) is 3.38. The molecule has 2 aromatic rings. The van der Waals surface area contributed by atoms with E-state index in [1.165, 1.54) is 12.1 Å². The van der Waals surface area contributed by atoms with E-state index in [-0.39, 0.29) is 17.8 Å². The minimum atomic E-state index is -1.33. The smallest absolute Gasteiger partial charge is 0.338 e. The summed E-state index contributed by atoms with van der Waals surface area (Å²) in [5.74, 6) is -1.94. The highest BCUT2D eigenvalue weighted by molar-refractivity contribution is 5.88. The number of carbonyl (C=O) groups is 1. The molecule has 0 saturated heterocycles. The Morgan fingerprint density at radius 2 is 2.13 bits per heavy atom. The van der Waals surface area contributed by atoms with Crippen LogP contribution in [0.25, 0.3) is 11.3 Å². The van der Waals surface area contributed by atoms with Crippen molar-refractivity contribution >= 4 is 11.8 Å². The number of anilines is 1. The lowest BCUT2D eigenvalue weighted by molar-refractivity contribution is 0.0692. The zero-order valence-electron chi connectivity index (χ0n) is 12.2. The zero-order valence-corrected chi connectivity index (χ0v) is 12.2. The number of hydrogen-bond donors (Lipinski definition) is 3. The van der Waals surface area contributed by atoms with Crippen molar-refractivity contribution in [2.24, 2.45) is 0 Å². The van der Waals surface area contributed by atoms with Gasteiger partial charge in [0.15, 0.2) is 0 Å². The number of rotatable bonds is 3. The average Bonchev–Trinajstić information content (AvgIpc) is 2.94. The number of aliphatic hydroxyl groups excluding tert-OH is 1. The molecule has 0 aliphatic heterocycles. The van der Waals surface area contributed by atoms with Gasteiger partial charge in [0.1, 0.15) is 17.3 Å². The Bertz CT molecular complexity index is 766. The number of aromatic nitrogens is 2. The van der Waals surface area contributed by atoms with Crippen LogP contribution in [0.5, 0.6) is 0 Å². The molecule has 0 spiro atoms. The molecule has 4 N–H and O–H groups in total. The first-order valence-corrected chi connectivity index (χ1v) is 7.29. The first-order valence-electron chi connectivity index (χ1n) is 7.29. The fraction of sp³-hybridized carbons (Fsp3) is 0.312. The predicted molar refractivity (Wildman–Crippen MR) is 81.4 cm³/mol. The van der Waals surface area contributed by atoms with Crippen LogP contribution >= 0.6 is 0 Å². The van der Waals surface area contributed by atoms with E-state index in [1.807, 2.05) is 0 Å². The lowest BCUT2D eigenvalue weighted by Crippen LogP contribution is -2.06.